The summed E-state index contributed by atoms with van der Waals surface area (Å²) >= 11 is 0. The number of carbonyl (C=O) groups is 1. The van der Waals surface area contributed by atoms with Crippen molar-refractivity contribution in [2.45, 2.75) is 13.5 Å². The number of carbonyl (C=O) groups excluding carboxylic acids is 1. The lowest BCUT2D eigenvalue weighted by molar-refractivity contribution is 0.201. The summed E-state index contributed by atoms with van der Waals surface area (Å²) in [5, 5.41) is 15.5. The molecule has 7 heteroatoms. The smallest absolute Gasteiger partial charge is 0.324 e. The Hall–Kier alpha value is -2.85. The van der Waals surface area contributed by atoms with Gasteiger partial charge < -0.3 is 14.3 Å². The van der Waals surface area contributed by atoms with Gasteiger partial charge in [0.2, 0.25) is 5.88 Å². The monoisotopic (exact) mass is 327 g/mol. The van der Waals surface area contributed by atoms with Crippen LogP contribution in [0.4, 0.5) is 10.7 Å². The largest absolute Gasteiger partial charge is 0.338 e. The number of nitriles is 1. The Morgan fingerprint density at radius 3 is 2.75 bits per heavy atom. The summed E-state index contributed by atoms with van der Waals surface area (Å²) in [6, 6.07) is 10.7. The van der Waals surface area contributed by atoms with E-state index in [0.29, 0.717) is 30.2 Å². The molecule has 24 heavy (non-hydrogen) atoms. The van der Waals surface area contributed by atoms with Gasteiger partial charge in [0, 0.05) is 25.7 Å². The molecule has 0 aliphatic heterocycles. The van der Waals surface area contributed by atoms with Crippen molar-refractivity contribution >= 4 is 11.9 Å². The number of rotatable bonds is 6. The van der Waals surface area contributed by atoms with Gasteiger partial charge in [0.05, 0.1) is 17.3 Å². The average molecular weight is 327 g/mol. The third-order valence-corrected chi connectivity index (χ3v) is 3.39. The predicted molar refractivity (Wildman–Crippen MR) is 90.4 cm³/mol. The van der Waals surface area contributed by atoms with Gasteiger partial charge in [-0.25, -0.2) is 4.79 Å². The average Bonchev–Trinajstić information content (AvgIpc) is 2.96. The summed E-state index contributed by atoms with van der Waals surface area (Å²) in [5.41, 5.74) is 2.18. The fourth-order valence-corrected chi connectivity index (χ4v) is 2.14. The molecule has 1 aromatic heterocycles. The lowest BCUT2D eigenvalue weighted by Crippen LogP contribution is -2.38. The van der Waals surface area contributed by atoms with E-state index in [9.17, 15) is 4.79 Å². The molecule has 2 amide bonds. The van der Waals surface area contributed by atoms with E-state index in [1.165, 1.54) is 0 Å². The van der Waals surface area contributed by atoms with E-state index in [1.54, 1.807) is 30.0 Å². The Morgan fingerprint density at radius 1 is 1.33 bits per heavy atom. The summed E-state index contributed by atoms with van der Waals surface area (Å²) in [6.45, 7) is 3.46. The number of anilines is 1. The first-order chi connectivity index (χ1) is 11.5. The summed E-state index contributed by atoms with van der Waals surface area (Å²) in [4.78, 5) is 16.2. The number of hydrogen-bond acceptors (Lipinski definition) is 5. The summed E-state index contributed by atoms with van der Waals surface area (Å²) < 4.78 is 5.04. The summed E-state index contributed by atoms with van der Waals surface area (Å²) in [5.74, 6) is 0.318. The zero-order chi connectivity index (χ0) is 17.5. The van der Waals surface area contributed by atoms with Crippen molar-refractivity contribution in [2.75, 3.05) is 32.5 Å². The van der Waals surface area contributed by atoms with Crippen LogP contribution in [0.1, 0.15) is 16.8 Å². The molecule has 0 aliphatic rings. The number of nitrogens with one attached hydrogen (secondary N) is 1. The van der Waals surface area contributed by atoms with E-state index < -0.39 is 0 Å². The Bertz CT molecular complexity index is 733. The standard InChI is InChI=1S/C17H21N5O2/c1-13-9-16(24-20-13)19-17(23)22(8-7-21(2)3)12-15-6-4-5-14(10-15)11-18/h4-6,9-10H,7-8,12H2,1-3H3,(H,19,23). The molecule has 7 nitrogen and oxygen atoms in total. The van der Waals surface area contributed by atoms with Crippen LogP contribution >= 0.6 is 0 Å². The van der Waals surface area contributed by atoms with E-state index in [0.717, 1.165) is 12.1 Å². The van der Waals surface area contributed by atoms with Gasteiger partial charge in [-0.1, -0.05) is 17.3 Å². The third kappa shape index (κ3) is 5.11. The van der Waals surface area contributed by atoms with Crippen LogP contribution in [-0.4, -0.2) is 48.2 Å². The predicted octanol–water partition coefficient (Wildman–Crippen LogP) is 2.45. The minimum Gasteiger partial charge on any atom is -0.338 e. The molecule has 2 rings (SSSR count). The van der Waals surface area contributed by atoms with E-state index >= 15 is 0 Å². The molecule has 0 radical (unpaired) electrons. The minimum absolute atomic E-state index is 0.268. The van der Waals surface area contributed by atoms with Crippen LogP contribution in [-0.2, 0) is 6.54 Å². The van der Waals surface area contributed by atoms with Crippen molar-refractivity contribution in [1.29, 1.82) is 5.26 Å². The number of likely N-dealkylation sites (N-methyl/N-ethyl adjacent to an activating group) is 1. The molecule has 0 fully saturated rings. The number of nitrogens with zero attached hydrogens (tertiary/aromatic N) is 4. The Labute approximate surface area is 141 Å². The van der Waals surface area contributed by atoms with E-state index in [4.69, 9.17) is 9.78 Å². The molecule has 0 bridgehead atoms. The number of urea groups is 1. The van der Waals surface area contributed by atoms with Crippen LogP contribution in [0.5, 0.6) is 0 Å². The Morgan fingerprint density at radius 2 is 2.12 bits per heavy atom. The van der Waals surface area contributed by atoms with Crippen molar-refractivity contribution < 1.29 is 9.32 Å². The highest BCUT2D eigenvalue weighted by atomic mass is 16.5. The van der Waals surface area contributed by atoms with Crippen molar-refractivity contribution in [3.05, 3.63) is 47.2 Å². The van der Waals surface area contributed by atoms with Crippen LogP contribution in [0.25, 0.3) is 0 Å². The molecule has 1 aromatic carbocycles. The quantitative estimate of drug-likeness (QED) is 0.881. The van der Waals surface area contributed by atoms with Crippen molar-refractivity contribution in [3.8, 4) is 6.07 Å². The number of aryl methyl sites for hydroxylation is 1. The van der Waals surface area contributed by atoms with Crippen molar-refractivity contribution in [1.82, 2.24) is 15.0 Å². The molecular formula is C17H21N5O2. The van der Waals surface area contributed by atoms with Gasteiger partial charge in [0.1, 0.15) is 0 Å². The maximum atomic E-state index is 12.5. The molecule has 1 heterocycles. The zero-order valence-electron chi connectivity index (χ0n) is 14.1. The van der Waals surface area contributed by atoms with Crippen molar-refractivity contribution in [2.24, 2.45) is 0 Å². The van der Waals surface area contributed by atoms with E-state index in [1.807, 2.05) is 31.1 Å². The van der Waals surface area contributed by atoms with Crippen LogP contribution in [0.3, 0.4) is 0 Å². The highest BCUT2D eigenvalue weighted by Gasteiger charge is 2.16. The summed E-state index contributed by atoms with van der Waals surface area (Å²) in [7, 11) is 3.90. The van der Waals surface area contributed by atoms with Crippen molar-refractivity contribution in [3.63, 3.8) is 0 Å². The molecule has 1 N–H and O–H groups in total. The van der Waals surface area contributed by atoms with Crippen LogP contribution in [0, 0.1) is 18.3 Å². The lowest BCUT2D eigenvalue weighted by Gasteiger charge is -2.24. The van der Waals surface area contributed by atoms with Gasteiger partial charge in [-0.15, -0.1) is 0 Å². The lowest BCUT2D eigenvalue weighted by atomic mass is 10.1. The highest BCUT2D eigenvalue weighted by Crippen LogP contribution is 2.12. The molecule has 0 unspecified atom stereocenters. The van der Waals surface area contributed by atoms with Gasteiger partial charge in [-0.2, -0.15) is 5.26 Å². The fraction of sp³-hybridized carbons (Fsp3) is 0.353. The van der Waals surface area contributed by atoms with E-state index in [-0.39, 0.29) is 6.03 Å². The molecule has 0 spiro atoms. The molecule has 2 aromatic rings. The second kappa shape index (κ2) is 8.13. The number of aromatic nitrogens is 1. The van der Waals surface area contributed by atoms with Crippen LogP contribution < -0.4 is 5.32 Å². The Kier molecular flexibility index (Phi) is 5.93. The molecular weight excluding hydrogens is 306 g/mol. The van der Waals surface area contributed by atoms with Gasteiger partial charge in [0.25, 0.3) is 0 Å². The van der Waals surface area contributed by atoms with E-state index in [2.05, 4.69) is 16.5 Å². The maximum Gasteiger partial charge on any atom is 0.324 e. The van der Waals surface area contributed by atoms with Crippen LogP contribution in [0.15, 0.2) is 34.9 Å². The molecule has 0 saturated heterocycles. The van der Waals surface area contributed by atoms with Gasteiger partial charge >= 0.3 is 6.03 Å². The molecule has 126 valence electrons. The maximum absolute atomic E-state index is 12.5. The molecule has 0 aliphatic carbocycles. The normalized spacial score (nSPS) is 10.5. The van der Waals surface area contributed by atoms with Gasteiger partial charge in [-0.05, 0) is 38.7 Å². The first kappa shape index (κ1) is 17.5. The highest BCUT2D eigenvalue weighted by molar-refractivity contribution is 5.87. The summed E-state index contributed by atoms with van der Waals surface area (Å²) in [6.07, 6.45) is 0. The van der Waals surface area contributed by atoms with Gasteiger partial charge in [-0.3, -0.25) is 5.32 Å². The molecule has 0 atom stereocenters. The Balaban J connectivity index is 2.10. The second-order valence-electron chi connectivity index (χ2n) is 5.80. The second-order valence-corrected chi connectivity index (χ2v) is 5.80. The first-order valence-electron chi connectivity index (χ1n) is 7.61. The third-order valence-electron chi connectivity index (χ3n) is 3.39. The minimum atomic E-state index is -0.268. The number of benzene rings is 1. The first-order valence-corrected chi connectivity index (χ1v) is 7.61. The topological polar surface area (TPSA) is 85.4 Å². The van der Waals surface area contributed by atoms with Crippen LogP contribution in [0.2, 0.25) is 0 Å². The number of hydrogen-bond donors (Lipinski definition) is 1. The number of amides is 2. The van der Waals surface area contributed by atoms with Gasteiger partial charge in [0.15, 0.2) is 0 Å². The molecule has 0 saturated carbocycles. The SMILES string of the molecule is Cc1cc(NC(=O)N(CCN(C)C)Cc2cccc(C#N)c2)on1. The fourth-order valence-electron chi connectivity index (χ4n) is 2.14. The zero-order valence-corrected chi connectivity index (χ0v) is 14.1.